The Bertz CT molecular complexity index is 411. The molecule has 1 heterocycles. The fraction of sp³-hybridized carbons (Fsp3) is 0.688. The van der Waals surface area contributed by atoms with Crippen LogP contribution in [0.5, 0.6) is 0 Å². The first kappa shape index (κ1) is 14.8. The smallest absolute Gasteiger partial charge is 0.129 e. The van der Waals surface area contributed by atoms with Gasteiger partial charge in [-0.2, -0.15) is 0 Å². The van der Waals surface area contributed by atoms with Crippen LogP contribution in [0.2, 0.25) is 0 Å². The molecule has 2 nitrogen and oxygen atoms in total. The summed E-state index contributed by atoms with van der Waals surface area (Å²) < 4.78 is 1.10. The molecule has 1 fully saturated rings. The molecule has 1 aliphatic rings. The van der Waals surface area contributed by atoms with E-state index in [1.165, 1.54) is 37.7 Å². The topological polar surface area (TPSA) is 16.1 Å². The van der Waals surface area contributed by atoms with Crippen molar-refractivity contribution in [1.29, 1.82) is 0 Å². The summed E-state index contributed by atoms with van der Waals surface area (Å²) in [4.78, 5) is 7.19. The summed E-state index contributed by atoms with van der Waals surface area (Å²) in [7, 11) is 0. The van der Waals surface area contributed by atoms with Crippen molar-refractivity contribution in [1.82, 2.24) is 4.98 Å². The zero-order chi connectivity index (χ0) is 13.8. The molecule has 0 spiro atoms. The molecule has 3 heteroatoms. The first-order valence-corrected chi connectivity index (χ1v) is 8.26. The zero-order valence-electron chi connectivity index (χ0n) is 12.3. The van der Waals surface area contributed by atoms with Gasteiger partial charge in [-0.25, -0.2) is 4.98 Å². The third-order valence-corrected chi connectivity index (χ3v) is 4.87. The Balaban J connectivity index is 2.17. The standard InChI is InChI=1S/C16H25BrN2/c1-12(2)8-9-19(14-6-4-5-7-14)16-10-13(3)15(17)11-18-16/h10-12,14H,4-9H2,1-3H3. The summed E-state index contributed by atoms with van der Waals surface area (Å²) in [6.07, 6.45) is 8.59. The lowest BCUT2D eigenvalue weighted by Gasteiger charge is -2.31. The average molecular weight is 325 g/mol. The van der Waals surface area contributed by atoms with Crippen molar-refractivity contribution in [3.05, 3.63) is 22.3 Å². The van der Waals surface area contributed by atoms with Gasteiger partial charge in [0.15, 0.2) is 0 Å². The predicted molar refractivity (Wildman–Crippen MR) is 85.7 cm³/mol. The molecule has 19 heavy (non-hydrogen) atoms. The van der Waals surface area contributed by atoms with Crippen LogP contribution in [0, 0.1) is 12.8 Å². The fourth-order valence-corrected chi connectivity index (χ4v) is 3.00. The van der Waals surface area contributed by atoms with Crippen LogP contribution in [0.4, 0.5) is 5.82 Å². The van der Waals surface area contributed by atoms with Crippen LogP contribution >= 0.6 is 15.9 Å². The molecule has 106 valence electrons. The van der Waals surface area contributed by atoms with Crippen LogP contribution in [0.1, 0.15) is 51.5 Å². The number of nitrogens with zero attached hydrogens (tertiary/aromatic N) is 2. The van der Waals surface area contributed by atoms with E-state index in [9.17, 15) is 0 Å². The second-order valence-corrected chi connectivity index (χ2v) is 6.96. The molecule has 1 aliphatic carbocycles. The molecule has 0 aliphatic heterocycles. The first-order chi connectivity index (χ1) is 9.08. The Morgan fingerprint density at radius 3 is 2.63 bits per heavy atom. The molecular formula is C16H25BrN2. The fourth-order valence-electron chi connectivity index (χ4n) is 2.78. The van der Waals surface area contributed by atoms with E-state index in [4.69, 9.17) is 0 Å². The van der Waals surface area contributed by atoms with Crippen LogP contribution in [-0.4, -0.2) is 17.6 Å². The van der Waals surface area contributed by atoms with Gasteiger partial charge in [-0.1, -0.05) is 26.7 Å². The molecule has 1 saturated carbocycles. The Hall–Kier alpha value is -0.570. The van der Waals surface area contributed by atoms with Crippen molar-refractivity contribution in [2.45, 2.75) is 58.9 Å². The lowest BCUT2D eigenvalue weighted by molar-refractivity contribution is 0.525. The normalized spacial score (nSPS) is 16.3. The van der Waals surface area contributed by atoms with Crippen LogP contribution < -0.4 is 4.90 Å². The summed E-state index contributed by atoms with van der Waals surface area (Å²) >= 11 is 3.54. The zero-order valence-corrected chi connectivity index (χ0v) is 13.9. The van der Waals surface area contributed by atoms with Crippen molar-refractivity contribution in [3.63, 3.8) is 0 Å². The highest BCUT2D eigenvalue weighted by Crippen LogP contribution is 2.29. The van der Waals surface area contributed by atoms with Crippen molar-refractivity contribution >= 4 is 21.7 Å². The first-order valence-electron chi connectivity index (χ1n) is 7.46. The lowest BCUT2D eigenvalue weighted by atomic mass is 10.1. The number of aryl methyl sites for hydroxylation is 1. The number of hydrogen-bond acceptors (Lipinski definition) is 2. The third-order valence-electron chi connectivity index (χ3n) is 4.04. The Morgan fingerprint density at radius 1 is 1.37 bits per heavy atom. The minimum Gasteiger partial charge on any atom is -0.354 e. The van der Waals surface area contributed by atoms with Gasteiger partial charge in [-0.05, 0) is 59.7 Å². The SMILES string of the molecule is Cc1cc(N(CCC(C)C)C2CCCC2)ncc1Br. The van der Waals surface area contributed by atoms with Gasteiger partial charge < -0.3 is 4.90 Å². The number of rotatable bonds is 5. The second kappa shape index (κ2) is 6.74. The van der Waals surface area contributed by atoms with Gasteiger partial charge in [0.05, 0.1) is 0 Å². The van der Waals surface area contributed by atoms with Crippen molar-refractivity contribution < 1.29 is 0 Å². The van der Waals surface area contributed by atoms with Crippen molar-refractivity contribution in [3.8, 4) is 0 Å². The molecule has 0 aromatic carbocycles. The van der Waals surface area contributed by atoms with Gasteiger partial charge in [0.25, 0.3) is 0 Å². The van der Waals surface area contributed by atoms with Gasteiger partial charge in [-0.3, -0.25) is 0 Å². The molecule has 1 aromatic heterocycles. The monoisotopic (exact) mass is 324 g/mol. The molecule has 0 unspecified atom stereocenters. The van der Waals surface area contributed by atoms with E-state index in [1.54, 1.807) is 0 Å². The van der Waals surface area contributed by atoms with Crippen LogP contribution in [0.25, 0.3) is 0 Å². The molecule has 0 atom stereocenters. The van der Waals surface area contributed by atoms with Gasteiger partial charge >= 0.3 is 0 Å². The number of halogens is 1. The molecule has 0 bridgehead atoms. The average Bonchev–Trinajstić information content (AvgIpc) is 2.87. The molecule has 0 saturated heterocycles. The van der Waals surface area contributed by atoms with E-state index in [2.05, 4.69) is 52.7 Å². The maximum atomic E-state index is 4.64. The van der Waals surface area contributed by atoms with E-state index in [0.717, 1.165) is 22.8 Å². The van der Waals surface area contributed by atoms with E-state index >= 15 is 0 Å². The van der Waals surface area contributed by atoms with Gasteiger partial charge in [0.1, 0.15) is 5.82 Å². The third kappa shape index (κ3) is 3.95. The molecule has 0 radical (unpaired) electrons. The number of anilines is 1. The maximum absolute atomic E-state index is 4.64. The lowest BCUT2D eigenvalue weighted by Crippen LogP contribution is -2.35. The minimum atomic E-state index is 0.701. The van der Waals surface area contributed by atoms with E-state index in [-0.39, 0.29) is 0 Å². The summed E-state index contributed by atoms with van der Waals surface area (Å²) in [5.41, 5.74) is 1.28. The van der Waals surface area contributed by atoms with E-state index < -0.39 is 0 Å². The number of pyridine rings is 1. The summed E-state index contributed by atoms with van der Waals surface area (Å²) in [5, 5.41) is 0. The quantitative estimate of drug-likeness (QED) is 0.761. The summed E-state index contributed by atoms with van der Waals surface area (Å²) in [6.45, 7) is 7.88. The highest BCUT2D eigenvalue weighted by atomic mass is 79.9. The van der Waals surface area contributed by atoms with Gasteiger partial charge in [0, 0.05) is 23.3 Å². The molecule has 0 amide bonds. The molecule has 2 rings (SSSR count). The van der Waals surface area contributed by atoms with E-state index in [1.807, 2.05) is 6.20 Å². The Morgan fingerprint density at radius 2 is 2.05 bits per heavy atom. The molecule has 0 N–H and O–H groups in total. The summed E-state index contributed by atoms with van der Waals surface area (Å²) in [6, 6.07) is 2.93. The highest BCUT2D eigenvalue weighted by Gasteiger charge is 2.23. The van der Waals surface area contributed by atoms with Crippen molar-refractivity contribution in [2.24, 2.45) is 5.92 Å². The molecular weight excluding hydrogens is 300 g/mol. The second-order valence-electron chi connectivity index (χ2n) is 6.11. The van der Waals surface area contributed by atoms with E-state index in [0.29, 0.717) is 6.04 Å². The predicted octanol–water partition coefficient (Wildman–Crippen LogP) is 4.95. The van der Waals surface area contributed by atoms with Crippen molar-refractivity contribution in [2.75, 3.05) is 11.4 Å². The maximum Gasteiger partial charge on any atom is 0.129 e. The number of aromatic nitrogens is 1. The highest BCUT2D eigenvalue weighted by molar-refractivity contribution is 9.10. The Kier molecular flexibility index (Phi) is 5.26. The largest absolute Gasteiger partial charge is 0.354 e. The molecule has 1 aromatic rings. The van der Waals surface area contributed by atoms with Gasteiger partial charge in [-0.15, -0.1) is 0 Å². The number of hydrogen-bond donors (Lipinski definition) is 0. The summed E-state index contributed by atoms with van der Waals surface area (Å²) in [5.74, 6) is 1.91. The van der Waals surface area contributed by atoms with Crippen LogP contribution in [0.3, 0.4) is 0 Å². The van der Waals surface area contributed by atoms with Crippen LogP contribution in [0.15, 0.2) is 16.7 Å². The van der Waals surface area contributed by atoms with Gasteiger partial charge in [0.2, 0.25) is 0 Å². The minimum absolute atomic E-state index is 0.701. The Labute approximate surface area is 125 Å². The van der Waals surface area contributed by atoms with Crippen LogP contribution in [-0.2, 0) is 0 Å².